The molecule has 0 radical (unpaired) electrons. The van der Waals surface area contributed by atoms with Crippen molar-refractivity contribution in [2.75, 3.05) is 31.5 Å². The van der Waals surface area contributed by atoms with Crippen LogP contribution in [0.2, 0.25) is 0 Å². The van der Waals surface area contributed by atoms with Crippen LogP contribution >= 0.6 is 0 Å². The molecule has 2 bridgehead atoms. The quantitative estimate of drug-likeness (QED) is 0.811. The van der Waals surface area contributed by atoms with Gasteiger partial charge in [0, 0.05) is 43.3 Å². The van der Waals surface area contributed by atoms with Crippen LogP contribution in [0.3, 0.4) is 0 Å². The molecule has 0 aromatic carbocycles. The number of amides is 2. The fourth-order valence-corrected chi connectivity index (χ4v) is 2.86. The van der Waals surface area contributed by atoms with Crippen LogP contribution in [0, 0.1) is 0 Å². The molecule has 7 heteroatoms. The fraction of sp³-hybridized carbons (Fsp3) is 0.368. The van der Waals surface area contributed by atoms with E-state index < -0.39 is 0 Å². The molecule has 3 heterocycles. The maximum absolute atomic E-state index is 12.8. The van der Waals surface area contributed by atoms with Gasteiger partial charge in [0.15, 0.2) is 0 Å². The van der Waals surface area contributed by atoms with Gasteiger partial charge in [-0.15, -0.1) is 0 Å². The van der Waals surface area contributed by atoms with Crippen molar-refractivity contribution in [2.24, 2.45) is 0 Å². The molecule has 2 aromatic heterocycles. The highest BCUT2D eigenvalue weighted by atomic mass is 16.2. The van der Waals surface area contributed by atoms with E-state index in [9.17, 15) is 9.59 Å². The van der Waals surface area contributed by atoms with Gasteiger partial charge in [-0.25, -0.2) is 4.98 Å². The van der Waals surface area contributed by atoms with Crippen molar-refractivity contribution in [1.29, 1.82) is 0 Å². The van der Waals surface area contributed by atoms with E-state index in [2.05, 4.69) is 20.6 Å². The standard InChI is InChI=1S/C19H23N5O2/c25-18-14-24(19(26)15-7-11-20-12-8-15)13-2-5-16-4-1-6-17(23-16)21-9-3-10-22-18/h1,4,6-8,11-12H,2-3,5,9-10,13-14H2,(H,21,23)(H,22,25). The number of carbonyl (C=O) groups excluding carboxylic acids is 2. The predicted octanol–water partition coefficient (Wildman–Crippen LogP) is 1.48. The lowest BCUT2D eigenvalue weighted by molar-refractivity contribution is -0.121. The van der Waals surface area contributed by atoms with Gasteiger partial charge in [-0.05, 0) is 43.5 Å². The summed E-state index contributed by atoms with van der Waals surface area (Å²) in [5, 5.41) is 6.14. The zero-order chi connectivity index (χ0) is 18.2. The van der Waals surface area contributed by atoms with Crippen LogP contribution in [-0.2, 0) is 11.2 Å². The summed E-state index contributed by atoms with van der Waals surface area (Å²) in [7, 11) is 0. The number of carbonyl (C=O) groups is 2. The summed E-state index contributed by atoms with van der Waals surface area (Å²) < 4.78 is 0. The first kappa shape index (κ1) is 17.8. The molecule has 1 aliphatic heterocycles. The Morgan fingerprint density at radius 3 is 2.69 bits per heavy atom. The molecule has 26 heavy (non-hydrogen) atoms. The maximum Gasteiger partial charge on any atom is 0.254 e. The van der Waals surface area contributed by atoms with E-state index in [1.807, 2.05) is 18.2 Å². The Labute approximate surface area is 152 Å². The van der Waals surface area contributed by atoms with Gasteiger partial charge in [-0.3, -0.25) is 14.6 Å². The molecule has 1 aliphatic rings. The molecule has 0 atom stereocenters. The lowest BCUT2D eigenvalue weighted by Crippen LogP contribution is -2.41. The van der Waals surface area contributed by atoms with Crippen molar-refractivity contribution in [3.05, 3.63) is 54.0 Å². The van der Waals surface area contributed by atoms with Crippen LogP contribution in [-0.4, -0.2) is 52.9 Å². The second kappa shape index (κ2) is 8.94. The molecule has 2 aromatic rings. The summed E-state index contributed by atoms with van der Waals surface area (Å²) >= 11 is 0. The highest BCUT2D eigenvalue weighted by molar-refractivity contribution is 5.96. The number of nitrogens with one attached hydrogen (secondary N) is 2. The number of fused-ring (bicyclic) bond motifs is 2. The Morgan fingerprint density at radius 1 is 1.04 bits per heavy atom. The largest absolute Gasteiger partial charge is 0.370 e. The first-order valence-corrected chi connectivity index (χ1v) is 8.88. The number of hydrogen-bond acceptors (Lipinski definition) is 5. The average molecular weight is 353 g/mol. The second-order valence-electron chi connectivity index (χ2n) is 6.21. The summed E-state index contributed by atoms with van der Waals surface area (Å²) in [5.74, 6) is 0.551. The summed E-state index contributed by atoms with van der Waals surface area (Å²) in [6.45, 7) is 1.84. The predicted molar refractivity (Wildman–Crippen MR) is 98.8 cm³/mol. The molecule has 136 valence electrons. The molecule has 7 nitrogen and oxygen atoms in total. The van der Waals surface area contributed by atoms with Crippen LogP contribution in [0.5, 0.6) is 0 Å². The third-order valence-corrected chi connectivity index (χ3v) is 4.20. The number of rotatable bonds is 1. The van der Waals surface area contributed by atoms with Gasteiger partial charge < -0.3 is 15.5 Å². The van der Waals surface area contributed by atoms with Crippen molar-refractivity contribution in [3.8, 4) is 0 Å². The van der Waals surface area contributed by atoms with E-state index >= 15 is 0 Å². The lowest BCUT2D eigenvalue weighted by atomic mass is 10.2. The van der Waals surface area contributed by atoms with Gasteiger partial charge in [0.05, 0.1) is 6.54 Å². The minimum absolute atomic E-state index is 0.0576. The highest BCUT2D eigenvalue weighted by Gasteiger charge is 2.18. The molecule has 0 saturated carbocycles. The number of aryl methyl sites for hydroxylation is 1. The van der Waals surface area contributed by atoms with E-state index in [4.69, 9.17) is 0 Å². The number of pyridine rings is 2. The minimum Gasteiger partial charge on any atom is -0.370 e. The first-order chi connectivity index (χ1) is 12.7. The van der Waals surface area contributed by atoms with Gasteiger partial charge in [0.2, 0.25) is 5.91 Å². The second-order valence-corrected chi connectivity index (χ2v) is 6.21. The van der Waals surface area contributed by atoms with E-state index in [1.54, 1.807) is 29.4 Å². The normalized spacial score (nSPS) is 16.2. The minimum atomic E-state index is -0.155. The van der Waals surface area contributed by atoms with Crippen LogP contribution in [0.1, 0.15) is 28.9 Å². The zero-order valence-electron chi connectivity index (χ0n) is 14.6. The first-order valence-electron chi connectivity index (χ1n) is 8.88. The van der Waals surface area contributed by atoms with Gasteiger partial charge in [-0.1, -0.05) is 6.07 Å². The van der Waals surface area contributed by atoms with Crippen LogP contribution in [0.4, 0.5) is 5.82 Å². The average Bonchev–Trinajstić information content (AvgIpc) is 2.67. The molecular formula is C19H23N5O2. The van der Waals surface area contributed by atoms with Crippen molar-refractivity contribution in [1.82, 2.24) is 20.2 Å². The van der Waals surface area contributed by atoms with Crippen LogP contribution in [0.15, 0.2) is 42.7 Å². The number of aromatic nitrogens is 2. The van der Waals surface area contributed by atoms with Gasteiger partial charge in [0.1, 0.15) is 5.82 Å². The van der Waals surface area contributed by atoms with Crippen LogP contribution in [0.25, 0.3) is 0 Å². The zero-order valence-corrected chi connectivity index (χ0v) is 14.6. The monoisotopic (exact) mass is 353 g/mol. The SMILES string of the molecule is O=C1CN(C(=O)c2ccncc2)CCCc2cccc(n2)NCCCN1. The lowest BCUT2D eigenvalue weighted by Gasteiger charge is -2.22. The van der Waals surface area contributed by atoms with E-state index in [0.29, 0.717) is 18.7 Å². The van der Waals surface area contributed by atoms with Crippen molar-refractivity contribution in [2.45, 2.75) is 19.3 Å². The van der Waals surface area contributed by atoms with Crippen molar-refractivity contribution in [3.63, 3.8) is 0 Å². The van der Waals surface area contributed by atoms with E-state index in [-0.39, 0.29) is 18.4 Å². The summed E-state index contributed by atoms with van der Waals surface area (Å²) in [6, 6.07) is 9.24. The topological polar surface area (TPSA) is 87.2 Å². The van der Waals surface area contributed by atoms with E-state index in [1.165, 1.54) is 0 Å². The molecule has 0 fully saturated rings. The molecule has 0 spiro atoms. The highest BCUT2D eigenvalue weighted by Crippen LogP contribution is 2.10. The maximum atomic E-state index is 12.8. The Hall–Kier alpha value is -2.96. The third-order valence-electron chi connectivity index (χ3n) is 4.20. The van der Waals surface area contributed by atoms with Crippen molar-refractivity contribution < 1.29 is 9.59 Å². The number of nitrogens with zero attached hydrogens (tertiary/aromatic N) is 3. The molecule has 0 unspecified atom stereocenters. The molecule has 2 amide bonds. The van der Waals surface area contributed by atoms with Gasteiger partial charge >= 0.3 is 0 Å². The van der Waals surface area contributed by atoms with E-state index in [0.717, 1.165) is 37.3 Å². The van der Waals surface area contributed by atoms with Gasteiger partial charge in [0.25, 0.3) is 5.91 Å². The summed E-state index contributed by atoms with van der Waals surface area (Å²) in [4.78, 5) is 35.1. The molecule has 0 saturated heterocycles. The van der Waals surface area contributed by atoms with Crippen molar-refractivity contribution >= 4 is 17.6 Å². The number of hydrogen-bond donors (Lipinski definition) is 2. The Kier molecular flexibility index (Phi) is 6.14. The molecule has 3 rings (SSSR count). The Morgan fingerprint density at radius 2 is 1.85 bits per heavy atom. The Bertz CT molecular complexity index is 751. The Balaban J connectivity index is 1.74. The fourth-order valence-electron chi connectivity index (χ4n) is 2.86. The molecule has 0 aliphatic carbocycles. The molecular weight excluding hydrogens is 330 g/mol. The smallest absolute Gasteiger partial charge is 0.254 e. The number of anilines is 1. The summed E-state index contributed by atoms with van der Waals surface area (Å²) in [5.41, 5.74) is 1.52. The summed E-state index contributed by atoms with van der Waals surface area (Å²) in [6.07, 6.45) is 5.44. The van der Waals surface area contributed by atoms with Crippen LogP contribution < -0.4 is 10.6 Å². The van der Waals surface area contributed by atoms with Gasteiger partial charge in [-0.2, -0.15) is 0 Å². The third kappa shape index (κ3) is 5.02. The molecule has 2 N–H and O–H groups in total.